The lowest BCUT2D eigenvalue weighted by Gasteiger charge is -2.36. The number of hydrogen-bond acceptors (Lipinski definition) is 4. The molecular weight excluding hydrogens is 278 g/mol. The Morgan fingerprint density at radius 1 is 1.32 bits per heavy atom. The number of piperazine rings is 1. The number of benzene rings is 1. The van der Waals surface area contributed by atoms with Crippen LogP contribution in [0.25, 0.3) is 0 Å². The molecule has 1 aliphatic heterocycles. The van der Waals surface area contributed by atoms with Crippen LogP contribution in [0.4, 0.5) is 5.69 Å². The molecule has 5 nitrogen and oxygen atoms in total. The van der Waals surface area contributed by atoms with Crippen molar-refractivity contribution >= 4 is 11.6 Å². The number of rotatable bonds is 6. The number of aliphatic hydroxyl groups excluding tert-OH is 1. The van der Waals surface area contributed by atoms with Crippen LogP contribution in [0.2, 0.25) is 0 Å². The van der Waals surface area contributed by atoms with E-state index in [1.54, 1.807) is 0 Å². The highest BCUT2D eigenvalue weighted by Crippen LogP contribution is 2.22. The highest BCUT2D eigenvalue weighted by molar-refractivity contribution is 5.76. The molecule has 1 aromatic rings. The molecule has 22 heavy (non-hydrogen) atoms. The van der Waals surface area contributed by atoms with Gasteiger partial charge in [0.25, 0.3) is 0 Å². The molecule has 1 amide bonds. The number of amides is 1. The Hall–Kier alpha value is -1.59. The number of anilines is 1. The number of hydrogen-bond donors (Lipinski definition) is 2. The number of aliphatic hydroxyl groups is 1. The van der Waals surface area contributed by atoms with Gasteiger partial charge in [-0.3, -0.25) is 9.69 Å². The summed E-state index contributed by atoms with van der Waals surface area (Å²) in [5.41, 5.74) is 2.34. The molecule has 1 fully saturated rings. The third kappa shape index (κ3) is 4.45. The van der Waals surface area contributed by atoms with Crippen molar-refractivity contribution in [1.29, 1.82) is 0 Å². The Morgan fingerprint density at radius 2 is 2.05 bits per heavy atom. The first-order chi connectivity index (χ1) is 10.6. The number of nitrogens with zero attached hydrogens (tertiary/aromatic N) is 2. The largest absolute Gasteiger partial charge is 0.395 e. The molecule has 1 aromatic carbocycles. The number of carbonyl (C=O) groups excluding carboxylic acids is 1. The van der Waals surface area contributed by atoms with Crippen molar-refractivity contribution in [2.45, 2.75) is 26.3 Å². The molecule has 1 heterocycles. The van der Waals surface area contributed by atoms with Crippen LogP contribution in [0, 0.1) is 0 Å². The molecule has 0 saturated carbocycles. The van der Waals surface area contributed by atoms with E-state index < -0.39 is 0 Å². The van der Waals surface area contributed by atoms with E-state index in [1.165, 1.54) is 5.69 Å². The monoisotopic (exact) mass is 305 g/mol. The number of β-amino-alcohol motifs (C(OH)–C–C–N with tert-alkyl or cyclic N) is 1. The standard InChI is InChI=1S/C17H27N3O2/c1-3-17(22)18-14(2)15-5-4-6-16(13-15)20-9-7-19(8-10-20)11-12-21/h4-6,13-14,21H,3,7-12H2,1-2H3,(H,18,22)/t14-/m1/s1. The van der Waals surface area contributed by atoms with Crippen LogP contribution in [-0.2, 0) is 4.79 Å². The van der Waals surface area contributed by atoms with E-state index in [9.17, 15) is 4.79 Å². The van der Waals surface area contributed by atoms with E-state index >= 15 is 0 Å². The maximum Gasteiger partial charge on any atom is 0.220 e. The van der Waals surface area contributed by atoms with Gasteiger partial charge in [0.05, 0.1) is 12.6 Å². The third-order valence-electron chi connectivity index (χ3n) is 4.22. The van der Waals surface area contributed by atoms with Gasteiger partial charge >= 0.3 is 0 Å². The summed E-state index contributed by atoms with van der Waals surface area (Å²) in [7, 11) is 0. The van der Waals surface area contributed by atoms with Gasteiger partial charge in [-0.15, -0.1) is 0 Å². The van der Waals surface area contributed by atoms with E-state index in [0.717, 1.165) is 38.3 Å². The minimum Gasteiger partial charge on any atom is -0.395 e. The van der Waals surface area contributed by atoms with Gasteiger partial charge < -0.3 is 15.3 Å². The minimum absolute atomic E-state index is 0.0306. The van der Waals surface area contributed by atoms with Crippen molar-refractivity contribution in [3.05, 3.63) is 29.8 Å². The zero-order valence-corrected chi connectivity index (χ0v) is 13.6. The van der Waals surface area contributed by atoms with Crippen LogP contribution < -0.4 is 10.2 Å². The summed E-state index contributed by atoms with van der Waals surface area (Å²) in [4.78, 5) is 16.2. The van der Waals surface area contributed by atoms with Gasteiger partial charge in [0, 0.05) is 44.8 Å². The topological polar surface area (TPSA) is 55.8 Å². The fourth-order valence-corrected chi connectivity index (χ4v) is 2.79. The predicted octanol–water partition coefficient (Wildman–Crippen LogP) is 1.39. The first-order valence-corrected chi connectivity index (χ1v) is 8.11. The maximum absolute atomic E-state index is 11.5. The number of carbonyl (C=O) groups is 1. The van der Waals surface area contributed by atoms with Crippen molar-refractivity contribution in [1.82, 2.24) is 10.2 Å². The molecule has 0 spiro atoms. The molecule has 5 heteroatoms. The van der Waals surface area contributed by atoms with Crippen molar-refractivity contribution < 1.29 is 9.90 Å². The summed E-state index contributed by atoms with van der Waals surface area (Å²) >= 11 is 0. The fraction of sp³-hybridized carbons (Fsp3) is 0.588. The Kier molecular flexibility index (Phi) is 6.21. The highest BCUT2D eigenvalue weighted by Gasteiger charge is 2.17. The van der Waals surface area contributed by atoms with Crippen molar-refractivity contribution in [3.8, 4) is 0 Å². The summed E-state index contributed by atoms with van der Waals surface area (Å²) in [6, 6.07) is 8.44. The van der Waals surface area contributed by atoms with Crippen LogP contribution in [0.3, 0.4) is 0 Å². The molecule has 2 rings (SSSR count). The molecule has 0 aliphatic carbocycles. The predicted molar refractivity (Wildman–Crippen MR) is 89.0 cm³/mol. The second kappa shape index (κ2) is 8.15. The summed E-state index contributed by atoms with van der Waals surface area (Å²) in [6.45, 7) is 8.77. The summed E-state index contributed by atoms with van der Waals surface area (Å²) in [5.74, 6) is 0.0792. The van der Waals surface area contributed by atoms with E-state index in [-0.39, 0.29) is 18.6 Å². The van der Waals surface area contributed by atoms with Crippen LogP contribution >= 0.6 is 0 Å². The third-order valence-corrected chi connectivity index (χ3v) is 4.22. The molecule has 122 valence electrons. The molecule has 0 bridgehead atoms. The molecular formula is C17H27N3O2. The molecule has 0 aromatic heterocycles. The van der Waals surface area contributed by atoms with Gasteiger partial charge in [0.1, 0.15) is 0 Å². The first kappa shape index (κ1) is 16.8. The van der Waals surface area contributed by atoms with Gasteiger partial charge in [-0.1, -0.05) is 19.1 Å². The normalized spacial score (nSPS) is 17.3. The molecule has 2 N–H and O–H groups in total. The first-order valence-electron chi connectivity index (χ1n) is 8.11. The zero-order chi connectivity index (χ0) is 15.9. The van der Waals surface area contributed by atoms with Gasteiger partial charge in [-0.25, -0.2) is 0 Å². The summed E-state index contributed by atoms with van der Waals surface area (Å²) in [6.07, 6.45) is 0.511. The Bertz CT molecular complexity index is 485. The minimum atomic E-state index is 0.0306. The lowest BCUT2D eigenvalue weighted by molar-refractivity contribution is -0.121. The SMILES string of the molecule is CCC(=O)N[C@H](C)c1cccc(N2CCN(CCO)CC2)c1. The highest BCUT2D eigenvalue weighted by atomic mass is 16.3. The average molecular weight is 305 g/mol. The Morgan fingerprint density at radius 3 is 2.68 bits per heavy atom. The van der Waals surface area contributed by atoms with Crippen LogP contribution in [0.5, 0.6) is 0 Å². The Balaban J connectivity index is 1.98. The summed E-state index contributed by atoms with van der Waals surface area (Å²) < 4.78 is 0. The lowest BCUT2D eigenvalue weighted by Crippen LogP contribution is -2.47. The quantitative estimate of drug-likeness (QED) is 0.834. The van der Waals surface area contributed by atoms with E-state index in [4.69, 9.17) is 5.11 Å². The van der Waals surface area contributed by atoms with E-state index in [1.807, 2.05) is 13.8 Å². The van der Waals surface area contributed by atoms with Crippen LogP contribution in [0.15, 0.2) is 24.3 Å². The van der Waals surface area contributed by atoms with E-state index in [2.05, 4.69) is 39.4 Å². The average Bonchev–Trinajstić information content (AvgIpc) is 2.56. The maximum atomic E-state index is 11.5. The van der Waals surface area contributed by atoms with Crippen LogP contribution in [-0.4, -0.2) is 55.2 Å². The zero-order valence-electron chi connectivity index (χ0n) is 13.6. The van der Waals surface area contributed by atoms with Gasteiger partial charge in [0.2, 0.25) is 5.91 Å². The van der Waals surface area contributed by atoms with Gasteiger partial charge in [0.15, 0.2) is 0 Å². The van der Waals surface area contributed by atoms with Crippen molar-refractivity contribution in [3.63, 3.8) is 0 Å². The molecule has 0 radical (unpaired) electrons. The Labute approximate surface area is 132 Å². The molecule has 1 atom stereocenters. The molecule has 1 aliphatic rings. The number of nitrogens with one attached hydrogen (secondary N) is 1. The lowest BCUT2D eigenvalue weighted by atomic mass is 10.1. The summed E-state index contributed by atoms with van der Waals surface area (Å²) in [5, 5.41) is 12.0. The van der Waals surface area contributed by atoms with Gasteiger partial charge in [-0.05, 0) is 24.6 Å². The molecule has 0 unspecified atom stereocenters. The second-order valence-corrected chi connectivity index (χ2v) is 5.79. The van der Waals surface area contributed by atoms with Crippen LogP contribution in [0.1, 0.15) is 31.9 Å². The fourth-order valence-electron chi connectivity index (χ4n) is 2.79. The molecule has 1 saturated heterocycles. The smallest absolute Gasteiger partial charge is 0.220 e. The van der Waals surface area contributed by atoms with Crippen molar-refractivity contribution in [2.75, 3.05) is 44.2 Å². The van der Waals surface area contributed by atoms with E-state index in [0.29, 0.717) is 6.42 Å². The second-order valence-electron chi connectivity index (χ2n) is 5.79. The van der Waals surface area contributed by atoms with Crippen molar-refractivity contribution in [2.24, 2.45) is 0 Å². The van der Waals surface area contributed by atoms with Gasteiger partial charge in [-0.2, -0.15) is 0 Å².